The summed E-state index contributed by atoms with van der Waals surface area (Å²) in [5.41, 5.74) is 0. The van der Waals surface area contributed by atoms with E-state index in [2.05, 4.69) is 11.8 Å². The van der Waals surface area contributed by atoms with E-state index in [0.717, 1.165) is 6.08 Å². The summed E-state index contributed by atoms with van der Waals surface area (Å²) >= 11 is 0. The van der Waals surface area contributed by atoms with Crippen molar-refractivity contribution >= 4 is 5.94 Å². The van der Waals surface area contributed by atoms with Gasteiger partial charge in [-0.05, 0) is 6.92 Å². The average Bonchev–Trinajstić information content (AvgIpc) is 1.66. The van der Waals surface area contributed by atoms with Crippen LogP contribution in [-0.2, 0) is 4.79 Å². The molecule has 0 spiro atoms. The van der Waals surface area contributed by atoms with Gasteiger partial charge in [0.25, 0.3) is 0 Å². The van der Waals surface area contributed by atoms with Gasteiger partial charge in [-0.25, -0.2) is 4.79 Å². The van der Waals surface area contributed by atoms with Gasteiger partial charge in [0.1, 0.15) is 12.0 Å². The molecule has 0 aromatic rings. The Hall–Kier alpha value is -1.03. The summed E-state index contributed by atoms with van der Waals surface area (Å²) < 4.78 is 0. The van der Waals surface area contributed by atoms with E-state index in [4.69, 9.17) is 5.11 Å². The number of hydrogen-bond donors (Lipinski definition) is 1. The van der Waals surface area contributed by atoms with Gasteiger partial charge in [-0.1, -0.05) is 11.8 Å². The van der Waals surface area contributed by atoms with E-state index in [9.17, 15) is 4.79 Å². The minimum absolute atomic E-state index is 0.667. The van der Waals surface area contributed by atoms with Crippen LogP contribution >= 0.6 is 0 Å². The summed E-state index contributed by atoms with van der Waals surface area (Å²) in [6.45, 7) is 1.52. The molecule has 0 fully saturated rings. The topological polar surface area (TPSA) is 37.3 Å². The maximum absolute atomic E-state index is 9.42. The van der Waals surface area contributed by atoms with Crippen LogP contribution in [0.3, 0.4) is 0 Å². The Bertz CT molecular complexity index is 153. The molecule has 0 aliphatic rings. The Balaban J connectivity index is 3.67. The van der Waals surface area contributed by atoms with Crippen molar-refractivity contribution in [2.24, 2.45) is 0 Å². The summed E-state index contributed by atoms with van der Waals surface area (Å²) in [7, 11) is 0. The summed E-state index contributed by atoms with van der Waals surface area (Å²) in [5.74, 6) is 6.08. The quantitative estimate of drug-likeness (QED) is 0.345. The molecule has 0 heterocycles. The minimum Gasteiger partial charge on any atom is -0.381 e. The first-order valence-electron chi connectivity index (χ1n) is 2.16. The highest BCUT2D eigenvalue weighted by molar-refractivity contribution is 5.51. The van der Waals surface area contributed by atoms with Gasteiger partial charge in [0, 0.05) is 0 Å². The van der Waals surface area contributed by atoms with Gasteiger partial charge in [-0.15, -0.1) is 0 Å². The van der Waals surface area contributed by atoms with Gasteiger partial charge in [0.05, 0.1) is 6.08 Å². The van der Waals surface area contributed by atoms with Crippen molar-refractivity contribution in [3.8, 4) is 11.8 Å². The van der Waals surface area contributed by atoms with Gasteiger partial charge in [-0.2, -0.15) is 0 Å². The molecular weight excluding hydrogens is 104 g/mol. The molecule has 0 aliphatic heterocycles. The largest absolute Gasteiger partial charge is 0.381 e. The summed E-state index contributed by atoms with van der Waals surface area (Å²) in [4.78, 5) is 9.42. The van der Waals surface area contributed by atoms with E-state index >= 15 is 0 Å². The first kappa shape index (κ1) is 6.97. The zero-order valence-corrected chi connectivity index (χ0v) is 4.51. The van der Waals surface area contributed by atoms with Gasteiger partial charge >= 0.3 is 0 Å². The van der Waals surface area contributed by atoms with Gasteiger partial charge in [0.15, 0.2) is 0 Å². The van der Waals surface area contributed by atoms with Gasteiger partial charge in [-0.3, -0.25) is 0 Å². The molecule has 0 aromatic heterocycles. The van der Waals surface area contributed by atoms with Crippen LogP contribution in [0.4, 0.5) is 0 Å². The number of allylic oxidation sites excluding steroid dienone is 1. The molecule has 0 aliphatic carbocycles. The third-order valence-corrected chi connectivity index (χ3v) is 0.423. The first-order valence-corrected chi connectivity index (χ1v) is 2.16. The molecule has 8 heavy (non-hydrogen) atoms. The van der Waals surface area contributed by atoms with E-state index in [1.807, 2.05) is 0 Å². The Morgan fingerprint density at radius 2 is 2.38 bits per heavy atom. The van der Waals surface area contributed by atoms with Crippen LogP contribution in [-0.4, -0.2) is 17.2 Å². The molecule has 0 saturated carbocycles. The molecule has 1 N–H and O–H groups in total. The highest BCUT2D eigenvalue weighted by atomic mass is 16.3. The second-order valence-electron chi connectivity index (χ2n) is 1.23. The van der Waals surface area contributed by atoms with Crippen molar-refractivity contribution in [2.75, 3.05) is 0 Å². The fourth-order valence-electron chi connectivity index (χ4n) is 0.192. The van der Waals surface area contributed by atoms with Crippen LogP contribution < -0.4 is 0 Å². The summed E-state index contributed by atoms with van der Waals surface area (Å²) in [6.07, 6.45) is 0.354. The molecule has 2 nitrogen and oxygen atoms in total. The zero-order chi connectivity index (χ0) is 6.41. The van der Waals surface area contributed by atoms with Crippen LogP contribution in [0.5, 0.6) is 0 Å². The maximum Gasteiger partial charge on any atom is 0.133 e. The number of hydrogen-bond acceptors (Lipinski definition) is 2. The van der Waals surface area contributed by atoms with E-state index < -0.39 is 6.10 Å². The predicted octanol–water partition coefficient (Wildman–Crippen LogP) is -0.242. The number of rotatable bonds is 0. The lowest BCUT2D eigenvalue weighted by Gasteiger charge is -1.82. The molecule has 1 atom stereocenters. The van der Waals surface area contributed by atoms with Crippen molar-refractivity contribution in [3.05, 3.63) is 6.08 Å². The molecule has 0 amide bonds. The van der Waals surface area contributed by atoms with Gasteiger partial charge < -0.3 is 5.11 Å². The number of aliphatic hydroxyl groups is 1. The standard InChI is InChI=1S/C6H6O2/c1-6(8)4-2-3-5-7/h3,6,8H,1H3. The molecule has 1 unspecified atom stereocenters. The van der Waals surface area contributed by atoms with Crippen LogP contribution in [0.25, 0.3) is 0 Å². The Kier molecular flexibility index (Phi) is 3.60. The molecule has 0 aromatic carbocycles. The minimum atomic E-state index is -0.667. The Morgan fingerprint density at radius 1 is 1.75 bits per heavy atom. The Labute approximate surface area is 47.8 Å². The van der Waals surface area contributed by atoms with E-state index in [-0.39, 0.29) is 0 Å². The van der Waals surface area contributed by atoms with Crippen LogP contribution in [0.15, 0.2) is 6.08 Å². The SMILES string of the molecule is CC(O)C#CC=C=O. The summed E-state index contributed by atoms with van der Waals surface area (Å²) in [5, 5.41) is 8.46. The van der Waals surface area contributed by atoms with Crippen LogP contribution in [0, 0.1) is 11.8 Å². The fourth-order valence-corrected chi connectivity index (χ4v) is 0.192. The molecule has 2 heteroatoms. The summed E-state index contributed by atoms with van der Waals surface area (Å²) in [6, 6.07) is 0. The number of carbonyl (C=O) groups excluding carboxylic acids is 1. The van der Waals surface area contributed by atoms with Crippen molar-refractivity contribution in [2.45, 2.75) is 13.0 Å². The molecule has 0 rings (SSSR count). The van der Waals surface area contributed by atoms with Crippen molar-refractivity contribution < 1.29 is 9.90 Å². The average molecular weight is 110 g/mol. The number of aliphatic hydroxyl groups excluding tert-OH is 1. The third kappa shape index (κ3) is 4.97. The van der Waals surface area contributed by atoms with Crippen LogP contribution in [0.1, 0.15) is 6.92 Å². The van der Waals surface area contributed by atoms with E-state index in [1.165, 1.54) is 12.9 Å². The lowest BCUT2D eigenvalue weighted by molar-refractivity contribution is 0.253. The normalized spacial score (nSPS) is 10.2. The van der Waals surface area contributed by atoms with Crippen molar-refractivity contribution in [3.63, 3.8) is 0 Å². The van der Waals surface area contributed by atoms with Crippen molar-refractivity contribution in [1.29, 1.82) is 0 Å². The molecule has 0 bridgehead atoms. The maximum atomic E-state index is 9.42. The van der Waals surface area contributed by atoms with E-state index in [1.54, 1.807) is 0 Å². The van der Waals surface area contributed by atoms with E-state index in [0.29, 0.717) is 0 Å². The second-order valence-corrected chi connectivity index (χ2v) is 1.23. The second kappa shape index (κ2) is 4.14. The highest BCUT2D eigenvalue weighted by Gasteiger charge is 1.78. The zero-order valence-electron chi connectivity index (χ0n) is 4.51. The molecule has 0 radical (unpaired) electrons. The Morgan fingerprint density at radius 3 is 2.75 bits per heavy atom. The first-order chi connectivity index (χ1) is 3.77. The van der Waals surface area contributed by atoms with Gasteiger partial charge in [0.2, 0.25) is 0 Å². The fraction of sp³-hybridized carbons (Fsp3) is 0.333. The monoisotopic (exact) mass is 110 g/mol. The van der Waals surface area contributed by atoms with Crippen LogP contribution in [0.2, 0.25) is 0 Å². The lowest BCUT2D eigenvalue weighted by atomic mass is 10.4. The molecule has 0 saturated heterocycles. The smallest absolute Gasteiger partial charge is 0.133 e. The third-order valence-electron chi connectivity index (χ3n) is 0.423. The molecule has 42 valence electrons. The highest BCUT2D eigenvalue weighted by Crippen LogP contribution is 1.70. The predicted molar refractivity (Wildman–Crippen MR) is 29.7 cm³/mol. The molecular formula is C6H6O2. The lowest BCUT2D eigenvalue weighted by Crippen LogP contribution is -1.91. The van der Waals surface area contributed by atoms with Crippen molar-refractivity contribution in [1.82, 2.24) is 0 Å².